The molecule has 4 amide bonds. The fourth-order valence-corrected chi connectivity index (χ4v) is 8.49. The molecule has 0 unspecified atom stereocenters. The Morgan fingerprint density at radius 1 is 0.687 bits per heavy atom. The van der Waals surface area contributed by atoms with Gasteiger partial charge >= 0.3 is 0 Å². The summed E-state index contributed by atoms with van der Waals surface area (Å²) in [5, 5.41) is 12.1. The quantitative estimate of drug-likeness (QED) is 0.131. The Balaban J connectivity index is 1.14. The van der Waals surface area contributed by atoms with Crippen LogP contribution in [0.3, 0.4) is 0 Å². The number of hydrogen-bond donors (Lipinski definition) is 4. The molecule has 2 atom stereocenters. The van der Waals surface area contributed by atoms with Crippen molar-refractivity contribution < 1.29 is 33.4 Å². The van der Waals surface area contributed by atoms with Crippen LogP contribution in [0.15, 0.2) is 121 Å². The Hall–Kier alpha value is -7.06. The molecule has 0 radical (unpaired) electrons. The third-order valence-corrected chi connectivity index (χ3v) is 12.2. The summed E-state index contributed by atoms with van der Waals surface area (Å²) >= 11 is 0. The first-order valence-electron chi connectivity index (χ1n) is 23.4. The largest absolute Gasteiger partial charge is 0.490 e. The van der Waals surface area contributed by atoms with Gasteiger partial charge in [0.25, 0.3) is 5.91 Å². The van der Waals surface area contributed by atoms with Gasteiger partial charge in [-0.1, -0.05) is 118 Å². The molecule has 4 aliphatic heterocycles. The summed E-state index contributed by atoms with van der Waals surface area (Å²) in [6.07, 6.45) is 3.85. The van der Waals surface area contributed by atoms with Crippen molar-refractivity contribution in [1.29, 1.82) is 0 Å². The zero-order chi connectivity index (χ0) is 47.2. The minimum absolute atomic E-state index is 0.0315. The molecular formula is C56H62N4O7. The van der Waals surface area contributed by atoms with Crippen molar-refractivity contribution >= 4 is 23.6 Å². The fourth-order valence-electron chi connectivity index (χ4n) is 8.49. The highest BCUT2D eigenvalue weighted by Crippen LogP contribution is 2.35. The lowest BCUT2D eigenvalue weighted by Crippen LogP contribution is -2.52. The molecule has 10 rings (SSSR count). The molecule has 5 aromatic carbocycles. The van der Waals surface area contributed by atoms with E-state index in [1.807, 2.05) is 104 Å². The lowest BCUT2D eigenvalue weighted by atomic mass is 9.84. The van der Waals surface area contributed by atoms with Crippen LogP contribution in [0.5, 0.6) is 17.2 Å². The summed E-state index contributed by atoms with van der Waals surface area (Å²) in [6, 6.07) is 36.2. The fraction of sp³-hybridized carbons (Fsp3) is 0.357. The summed E-state index contributed by atoms with van der Waals surface area (Å²) < 4.78 is 18.7. The molecule has 0 aromatic heterocycles. The molecule has 11 heteroatoms. The molecule has 4 N–H and O–H groups in total. The lowest BCUT2D eigenvalue weighted by Gasteiger charge is -2.29. The zero-order valence-corrected chi connectivity index (χ0v) is 39.0. The van der Waals surface area contributed by atoms with Gasteiger partial charge in [-0.15, -0.1) is 0 Å². The number of rotatable bonds is 5. The predicted molar refractivity (Wildman–Crippen MR) is 260 cm³/mol. The van der Waals surface area contributed by atoms with Gasteiger partial charge < -0.3 is 35.5 Å². The smallest absolute Gasteiger partial charge is 0.258 e. The van der Waals surface area contributed by atoms with Crippen molar-refractivity contribution in [2.75, 3.05) is 19.8 Å². The van der Waals surface area contributed by atoms with E-state index in [2.05, 4.69) is 66.0 Å². The molecular weight excluding hydrogens is 841 g/mol. The average molecular weight is 903 g/mol. The first-order chi connectivity index (χ1) is 32.4. The second-order valence-corrected chi connectivity index (χ2v) is 18.4. The molecule has 1 saturated carbocycles. The van der Waals surface area contributed by atoms with E-state index >= 15 is 0 Å². The number of carbonyl (C=O) groups excluding carboxylic acids is 4. The predicted octanol–water partition coefficient (Wildman–Crippen LogP) is 8.06. The molecule has 4 heterocycles. The van der Waals surface area contributed by atoms with Crippen molar-refractivity contribution in [3.05, 3.63) is 160 Å². The van der Waals surface area contributed by atoms with Crippen LogP contribution in [0.1, 0.15) is 105 Å². The van der Waals surface area contributed by atoms with Gasteiger partial charge in [-0.05, 0) is 109 Å². The van der Waals surface area contributed by atoms with Crippen LogP contribution in [0.25, 0.3) is 0 Å². The highest BCUT2D eigenvalue weighted by molar-refractivity contribution is 5.93. The highest BCUT2D eigenvalue weighted by atomic mass is 16.5. The topological polar surface area (TPSA) is 144 Å². The minimum Gasteiger partial charge on any atom is -0.490 e. The molecule has 348 valence electrons. The van der Waals surface area contributed by atoms with Gasteiger partial charge in [0.15, 0.2) is 18.1 Å². The van der Waals surface area contributed by atoms with E-state index < -0.39 is 18.0 Å². The van der Waals surface area contributed by atoms with Crippen LogP contribution in [-0.2, 0) is 44.0 Å². The number of carbonyl (C=O) groups is 4. The van der Waals surface area contributed by atoms with E-state index in [0.29, 0.717) is 66.4 Å². The summed E-state index contributed by atoms with van der Waals surface area (Å²) in [5.41, 5.74) is 5.98. The van der Waals surface area contributed by atoms with E-state index in [9.17, 15) is 19.2 Å². The van der Waals surface area contributed by atoms with Gasteiger partial charge in [0.05, 0.1) is 6.61 Å². The highest BCUT2D eigenvalue weighted by Gasteiger charge is 2.30. The van der Waals surface area contributed by atoms with E-state index in [1.54, 1.807) is 12.1 Å². The summed E-state index contributed by atoms with van der Waals surface area (Å²) in [4.78, 5) is 55.2. The molecule has 5 aromatic rings. The van der Waals surface area contributed by atoms with Gasteiger partial charge in [-0.3, -0.25) is 19.2 Å². The van der Waals surface area contributed by atoms with Gasteiger partial charge in [-0.25, -0.2) is 0 Å². The number of hydrogen-bond acceptors (Lipinski definition) is 7. The SMILES string of the molecule is CCOc1cc(C#Cc2ccc(C(C)(C)C)cc2)cc2c1OCC(=O)NC1CCC(CC1)CC(=O)N[C@@H](c1ccccc1)C(=O)N[C@H](Cc1ccccc1)C(=O)NCCc1ccc(cc1)OC2. The molecule has 4 bridgehead atoms. The summed E-state index contributed by atoms with van der Waals surface area (Å²) in [6.45, 7) is 9.00. The number of amides is 4. The molecule has 11 nitrogen and oxygen atoms in total. The molecule has 0 saturated heterocycles. The summed E-state index contributed by atoms with van der Waals surface area (Å²) in [7, 11) is 0. The molecule has 67 heavy (non-hydrogen) atoms. The summed E-state index contributed by atoms with van der Waals surface area (Å²) in [5.74, 6) is 6.82. The number of nitrogens with one attached hydrogen (secondary N) is 4. The van der Waals surface area contributed by atoms with Crippen LogP contribution in [0.2, 0.25) is 0 Å². The van der Waals surface area contributed by atoms with E-state index in [-0.39, 0.29) is 61.2 Å². The van der Waals surface area contributed by atoms with E-state index in [1.165, 1.54) is 5.56 Å². The lowest BCUT2D eigenvalue weighted by molar-refractivity contribution is -0.132. The molecule has 1 fully saturated rings. The molecule has 1 aliphatic carbocycles. The molecule has 0 spiro atoms. The van der Waals surface area contributed by atoms with Crippen molar-refractivity contribution in [1.82, 2.24) is 21.3 Å². The normalized spacial score (nSPS) is 19.9. The van der Waals surface area contributed by atoms with Crippen LogP contribution < -0.4 is 35.5 Å². The second kappa shape index (κ2) is 22.9. The van der Waals surface area contributed by atoms with Crippen molar-refractivity contribution in [3.8, 4) is 29.1 Å². The number of benzene rings is 5. The van der Waals surface area contributed by atoms with Crippen molar-refractivity contribution in [2.24, 2.45) is 5.92 Å². The Kier molecular flexibility index (Phi) is 16.4. The van der Waals surface area contributed by atoms with Crippen LogP contribution >= 0.6 is 0 Å². The van der Waals surface area contributed by atoms with E-state index in [0.717, 1.165) is 29.5 Å². The molecule has 5 aliphatic rings. The van der Waals surface area contributed by atoms with Crippen LogP contribution in [-0.4, -0.2) is 55.5 Å². The second-order valence-electron chi connectivity index (χ2n) is 18.4. The zero-order valence-electron chi connectivity index (χ0n) is 39.0. The van der Waals surface area contributed by atoms with Crippen LogP contribution in [0.4, 0.5) is 0 Å². The van der Waals surface area contributed by atoms with Gasteiger partial charge in [0.2, 0.25) is 17.7 Å². The monoisotopic (exact) mass is 902 g/mol. The van der Waals surface area contributed by atoms with Crippen molar-refractivity contribution in [2.45, 2.75) is 103 Å². The third-order valence-electron chi connectivity index (χ3n) is 12.2. The third kappa shape index (κ3) is 14.0. The maximum Gasteiger partial charge on any atom is 0.258 e. The van der Waals surface area contributed by atoms with Gasteiger partial charge in [0.1, 0.15) is 24.4 Å². The maximum absolute atomic E-state index is 14.1. The first-order valence-corrected chi connectivity index (χ1v) is 23.4. The standard InChI is InChI=1S/C56H62N4O7/c1-5-65-49-34-42(17-16-38-18-24-45(25-19-38)56(2,3)4)32-44-36-66-47-28-22-39(23-29-47)30-31-57-54(63)48(33-40-12-8-6-9-13-40)59-55(64)52(43-14-10-7-11-15-43)60-50(61)35-41-20-26-46(27-21-41)58-51(62)37-67-53(44)49/h6-15,18-19,22-25,28-29,32,34,41,46,48,52H,5,20-21,26-27,30-31,33,35-37H2,1-4H3,(H,57,63)(H,58,62)(H,59,64)(H,60,61)/t41?,46?,48-,52+/m1/s1. The Morgan fingerprint density at radius 2 is 1.37 bits per heavy atom. The van der Waals surface area contributed by atoms with Crippen molar-refractivity contribution in [3.63, 3.8) is 0 Å². The minimum atomic E-state index is -1.01. The van der Waals surface area contributed by atoms with Gasteiger partial charge in [-0.2, -0.15) is 0 Å². The first kappa shape index (κ1) is 47.9. The Morgan fingerprint density at radius 3 is 2.06 bits per heavy atom. The van der Waals surface area contributed by atoms with Gasteiger partial charge in [0, 0.05) is 42.1 Å². The Bertz CT molecular complexity index is 2520. The van der Waals surface area contributed by atoms with E-state index in [4.69, 9.17) is 14.2 Å². The maximum atomic E-state index is 14.1. The van der Waals surface area contributed by atoms with Crippen LogP contribution in [0, 0.1) is 17.8 Å². The number of ether oxygens (including phenoxy) is 3. The average Bonchev–Trinajstić information content (AvgIpc) is 3.32. The Labute approximate surface area is 394 Å².